The van der Waals surface area contributed by atoms with Gasteiger partial charge in [0.05, 0.1) is 5.92 Å². The molecule has 15 heavy (non-hydrogen) atoms. The second kappa shape index (κ2) is 3.41. The number of fused-ring (bicyclic) bond motifs is 2. The van der Waals surface area contributed by atoms with Gasteiger partial charge in [-0.05, 0) is 38.5 Å². The number of carbonyl (C=O) groups excluding carboxylic acids is 1. The summed E-state index contributed by atoms with van der Waals surface area (Å²) in [5.74, 6) is 3.35. The van der Waals surface area contributed by atoms with Crippen molar-refractivity contribution in [3.8, 4) is 12.3 Å². The molecule has 3 atom stereocenters. The number of hydrogen-bond donors (Lipinski definition) is 0. The van der Waals surface area contributed by atoms with Crippen molar-refractivity contribution < 1.29 is 9.53 Å². The summed E-state index contributed by atoms with van der Waals surface area (Å²) in [6.07, 6.45) is 11.7. The Morgan fingerprint density at radius 2 is 2.20 bits per heavy atom. The Labute approximate surface area is 90.7 Å². The Morgan fingerprint density at radius 1 is 1.47 bits per heavy atom. The minimum atomic E-state index is -0.775. The van der Waals surface area contributed by atoms with Crippen molar-refractivity contribution in [2.75, 3.05) is 0 Å². The molecule has 0 aliphatic heterocycles. The van der Waals surface area contributed by atoms with Crippen LogP contribution in [0, 0.1) is 30.1 Å². The molecule has 0 aromatic carbocycles. The van der Waals surface area contributed by atoms with Crippen molar-refractivity contribution in [3.05, 3.63) is 12.2 Å². The zero-order chi connectivity index (χ0) is 11.1. The maximum atomic E-state index is 11.9. The lowest BCUT2D eigenvalue weighted by Crippen LogP contribution is -2.31. The van der Waals surface area contributed by atoms with Crippen LogP contribution in [0.1, 0.15) is 26.7 Å². The van der Waals surface area contributed by atoms with E-state index in [0.29, 0.717) is 11.8 Å². The van der Waals surface area contributed by atoms with Gasteiger partial charge in [0.2, 0.25) is 0 Å². The topological polar surface area (TPSA) is 26.3 Å². The minimum Gasteiger partial charge on any atom is -0.446 e. The Kier molecular flexibility index (Phi) is 2.34. The van der Waals surface area contributed by atoms with Crippen molar-refractivity contribution in [3.63, 3.8) is 0 Å². The highest BCUT2D eigenvalue weighted by Gasteiger charge is 2.41. The van der Waals surface area contributed by atoms with E-state index in [1.54, 1.807) is 13.8 Å². The molecule has 0 heterocycles. The van der Waals surface area contributed by atoms with Crippen LogP contribution in [0.3, 0.4) is 0 Å². The summed E-state index contributed by atoms with van der Waals surface area (Å²) in [6, 6.07) is 0. The molecule has 2 aliphatic rings. The van der Waals surface area contributed by atoms with Crippen molar-refractivity contribution in [2.45, 2.75) is 32.3 Å². The van der Waals surface area contributed by atoms with Crippen LogP contribution >= 0.6 is 0 Å². The van der Waals surface area contributed by atoms with Crippen LogP contribution < -0.4 is 0 Å². The lowest BCUT2D eigenvalue weighted by Gasteiger charge is -2.23. The van der Waals surface area contributed by atoms with E-state index in [0.717, 1.165) is 12.8 Å². The highest BCUT2D eigenvalue weighted by molar-refractivity contribution is 5.74. The van der Waals surface area contributed by atoms with Crippen LogP contribution in [0.15, 0.2) is 12.2 Å². The quantitative estimate of drug-likeness (QED) is 0.391. The molecule has 0 N–H and O–H groups in total. The molecule has 0 aromatic heterocycles. The van der Waals surface area contributed by atoms with Gasteiger partial charge in [0.1, 0.15) is 0 Å². The lowest BCUT2D eigenvalue weighted by atomic mass is 9.93. The van der Waals surface area contributed by atoms with Gasteiger partial charge >= 0.3 is 5.97 Å². The third kappa shape index (κ3) is 1.92. The van der Waals surface area contributed by atoms with Crippen LogP contribution in [0.4, 0.5) is 0 Å². The molecule has 0 saturated heterocycles. The molecule has 1 fully saturated rings. The highest BCUT2D eigenvalue weighted by Crippen LogP contribution is 2.44. The van der Waals surface area contributed by atoms with E-state index < -0.39 is 5.60 Å². The van der Waals surface area contributed by atoms with E-state index in [4.69, 9.17) is 11.2 Å². The fourth-order valence-electron chi connectivity index (χ4n) is 2.41. The first kappa shape index (κ1) is 10.3. The largest absolute Gasteiger partial charge is 0.446 e. The van der Waals surface area contributed by atoms with Gasteiger partial charge < -0.3 is 4.74 Å². The maximum Gasteiger partial charge on any atom is 0.311 e. The maximum absolute atomic E-state index is 11.9. The fourth-order valence-corrected chi connectivity index (χ4v) is 2.41. The first-order valence-corrected chi connectivity index (χ1v) is 5.41. The van der Waals surface area contributed by atoms with Gasteiger partial charge in [-0.3, -0.25) is 4.79 Å². The molecule has 2 heteroatoms. The molecule has 80 valence electrons. The SMILES string of the molecule is C#CC(C)(C)OC(=O)[C@H]1C[C@H]2C=CC1C2. The monoisotopic (exact) mass is 204 g/mol. The van der Waals surface area contributed by atoms with Crippen LogP contribution in [0.5, 0.6) is 0 Å². The normalized spacial score (nSPS) is 32.7. The number of rotatable bonds is 2. The number of carbonyl (C=O) groups is 1. The number of allylic oxidation sites excluding steroid dienone is 2. The first-order valence-electron chi connectivity index (χ1n) is 5.41. The molecular formula is C13H16O2. The van der Waals surface area contributed by atoms with E-state index in [-0.39, 0.29) is 11.9 Å². The number of hydrogen-bond acceptors (Lipinski definition) is 2. The first-order chi connectivity index (χ1) is 7.02. The molecule has 2 nitrogen and oxygen atoms in total. The van der Waals surface area contributed by atoms with Crippen LogP contribution in [-0.2, 0) is 9.53 Å². The van der Waals surface area contributed by atoms with Gasteiger partial charge in [-0.2, -0.15) is 0 Å². The summed E-state index contributed by atoms with van der Waals surface area (Å²) >= 11 is 0. The van der Waals surface area contributed by atoms with Crippen LogP contribution in [0.2, 0.25) is 0 Å². The number of ether oxygens (including phenoxy) is 1. The summed E-state index contributed by atoms with van der Waals surface area (Å²) < 4.78 is 5.31. The minimum absolute atomic E-state index is 0.0348. The van der Waals surface area contributed by atoms with Gasteiger partial charge in [-0.1, -0.05) is 18.1 Å². The Bertz CT molecular complexity index is 346. The zero-order valence-electron chi connectivity index (χ0n) is 9.19. The zero-order valence-corrected chi connectivity index (χ0v) is 9.19. The van der Waals surface area contributed by atoms with E-state index in [1.807, 2.05) is 0 Å². The lowest BCUT2D eigenvalue weighted by molar-refractivity contribution is -0.157. The van der Waals surface area contributed by atoms with E-state index in [9.17, 15) is 4.79 Å². The standard InChI is InChI=1S/C13H16O2/c1-4-13(2,3)15-12(14)11-8-9-5-6-10(11)7-9/h1,5-6,9-11H,7-8H2,2-3H3/t9-,10?,11-/m0/s1. The third-order valence-electron chi connectivity index (χ3n) is 3.28. The third-order valence-corrected chi connectivity index (χ3v) is 3.28. The van der Waals surface area contributed by atoms with Gasteiger partial charge in [0.15, 0.2) is 5.60 Å². The molecule has 1 unspecified atom stereocenters. The molecule has 0 aromatic rings. The summed E-state index contributed by atoms with van der Waals surface area (Å²) in [5.41, 5.74) is -0.775. The van der Waals surface area contributed by atoms with Crippen molar-refractivity contribution in [2.24, 2.45) is 17.8 Å². The molecule has 0 radical (unpaired) electrons. The van der Waals surface area contributed by atoms with Crippen molar-refractivity contribution >= 4 is 5.97 Å². The van der Waals surface area contributed by atoms with Gasteiger partial charge in [0.25, 0.3) is 0 Å². The number of esters is 1. The van der Waals surface area contributed by atoms with E-state index in [1.165, 1.54) is 0 Å². The second-order valence-corrected chi connectivity index (χ2v) is 4.96. The highest BCUT2D eigenvalue weighted by atomic mass is 16.6. The summed E-state index contributed by atoms with van der Waals surface area (Å²) in [4.78, 5) is 11.9. The van der Waals surface area contributed by atoms with Crippen molar-refractivity contribution in [1.29, 1.82) is 0 Å². The average Bonchev–Trinajstić information content (AvgIpc) is 2.78. The molecule has 0 spiro atoms. The van der Waals surface area contributed by atoms with Crippen LogP contribution in [0.25, 0.3) is 0 Å². The molecule has 1 saturated carbocycles. The molecule has 2 bridgehead atoms. The fraction of sp³-hybridized carbons (Fsp3) is 0.615. The summed E-state index contributed by atoms with van der Waals surface area (Å²) in [7, 11) is 0. The van der Waals surface area contributed by atoms with Crippen molar-refractivity contribution in [1.82, 2.24) is 0 Å². The van der Waals surface area contributed by atoms with Gasteiger partial charge in [0, 0.05) is 0 Å². The Hall–Kier alpha value is -1.23. The van der Waals surface area contributed by atoms with E-state index >= 15 is 0 Å². The summed E-state index contributed by atoms with van der Waals surface area (Å²) in [5, 5.41) is 0. The van der Waals surface area contributed by atoms with E-state index in [2.05, 4.69) is 18.1 Å². The smallest absolute Gasteiger partial charge is 0.311 e. The average molecular weight is 204 g/mol. The molecular weight excluding hydrogens is 188 g/mol. The Morgan fingerprint density at radius 3 is 2.67 bits per heavy atom. The predicted octanol–water partition coefficient (Wildman–Crippen LogP) is 2.15. The molecule has 0 amide bonds. The molecule has 2 aliphatic carbocycles. The Balaban J connectivity index is 1.99. The van der Waals surface area contributed by atoms with Gasteiger partial charge in [-0.25, -0.2) is 0 Å². The second-order valence-electron chi connectivity index (χ2n) is 4.96. The summed E-state index contributed by atoms with van der Waals surface area (Å²) in [6.45, 7) is 3.49. The predicted molar refractivity (Wildman–Crippen MR) is 57.8 cm³/mol. The van der Waals surface area contributed by atoms with Gasteiger partial charge in [-0.15, -0.1) is 6.42 Å². The number of terminal acetylenes is 1. The molecule has 2 rings (SSSR count). The van der Waals surface area contributed by atoms with Crippen LogP contribution in [-0.4, -0.2) is 11.6 Å².